The summed E-state index contributed by atoms with van der Waals surface area (Å²) in [5.41, 5.74) is 1.03. The predicted octanol–water partition coefficient (Wildman–Crippen LogP) is 11.1. The molecular weight excluding hydrogens is 586 g/mol. The van der Waals surface area contributed by atoms with Gasteiger partial charge in [-0.25, -0.2) is 18.4 Å². The van der Waals surface area contributed by atoms with Gasteiger partial charge >= 0.3 is 11.9 Å². The lowest BCUT2D eigenvalue weighted by Gasteiger charge is -2.11. The van der Waals surface area contributed by atoms with Crippen molar-refractivity contribution in [2.24, 2.45) is 5.92 Å². The maximum Gasteiger partial charge on any atom is 0.343 e. The van der Waals surface area contributed by atoms with Gasteiger partial charge < -0.3 is 14.2 Å². The second-order valence-corrected chi connectivity index (χ2v) is 12.1. The minimum absolute atomic E-state index is 0.0566. The van der Waals surface area contributed by atoms with Gasteiger partial charge in [0.15, 0.2) is 11.6 Å². The number of carbonyl (C=O) groups excluding carboxylic acids is 2. The maximum atomic E-state index is 14.8. The molecule has 0 aromatic heterocycles. The number of unbranched alkanes of at least 4 members (excludes halogenated alkanes) is 11. The molecule has 0 heterocycles. The zero-order chi connectivity index (χ0) is 33.1. The van der Waals surface area contributed by atoms with Crippen LogP contribution in [0.25, 0.3) is 11.1 Å². The third-order valence-corrected chi connectivity index (χ3v) is 8.20. The van der Waals surface area contributed by atoms with Crippen LogP contribution in [-0.2, 0) is 4.74 Å². The summed E-state index contributed by atoms with van der Waals surface area (Å²) in [5.74, 6) is -1.90. The van der Waals surface area contributed by atoms with Crippen molar-refractivity contribution < 1.29 is 32.6 Å². The van der Waals surface area contributed by atoms with E-state index in [1.54, 1.807) is 12.1 Å². The minimum Gasteiger partial charge on any atom is -0.491 e. The van der Waals surface area contributed by atoms with Crippen molar-refractivity contribution in [3.63, 3.8) is 0 Å². The first-order valence-electron chi connectivity index (χ1n) is 17.0. The number of halogens is 2. The normalized spacial score (nSPS) is 11.7. The summed E-state index contributed by atoms with van der Waals surface area (Å²) < 4.78 is 45.8. The van der Waals surface area contributed by atoms with E-state index >= 15 is 0 Å². The molecule has 0 spiro atoms. The van der Waals surface area contributed by atoms with Gasteiger partial charge in [0, 0.05) is 5.56 Å². The number of esters is 2. The molecule has 0 aliphatic heterocycles. The molecule has 7 heteroatoms. The Morgan fingerprint density at radius 3 is 1.83 bits per heavy atom. The second-order valence-electron chi connectivity index (χ2n) is 12.1. The average Bonchev–Trinajstić information content (AvgIpc) is 3.06. The largest absolute Gasteiger partial charge is 0.491 e. The number of rotatable bonds is 21. The third-order valence-electron chi connectivity index (χ3n) is 8.20. The van der Waals surface area contributed by atoms with Crippen molar-refractivity contribution in [3.8, 4) is 22.6 Å². The molecule has 0 fully saturated rings. The standard InChI is InChI=1S/C39H50F2O5/c1-4-6-7-8-9-10-11-12-13-14-15-16-25-44-37-24-20-32(27-36(37)41)39(43)46-33-21-17-30(18-22-33)34-23-19-31(26-35(34)40)38(42)45-28-29(3)5-2/h17-24,26-27,29H,4-16,25,28H2,1-3H3. The Morgan fingerprint density at radius 2 is 1.24 bits per heavy atom. The summed E-state index contributed by atoms with van der Waals surface area (Å²) in [5, 5.41) is 0. The topological polar surface area (TPSA) is 61.8 Å². The molecule has 0 aliphatic rings. The van der Waals surface area contributed by atoms with Crippen LogP contribution < -0.4 is 9.47 Å². The Morgan fingerprint density at radius 1 is 0.674 bits per heavy atom. The molecule has 5 nitrogen and oxygen atoms in total. The van der Waals surface area contributed by atoms with E-state index in [9.17, 15) is 18.4 Å². The van der Waals surface area contributed by atoms with E-state index in [1.165, 1.54) is 94.2 Å². The van der Waals surface area contributed by atoms with Crippen LogP contribution in [0.5, 0.6) is 11.5 Å². The van der Waals surface area contributed by atoms with Gasteiger partial charge in [0.25, 0.3) is 0 Å². The summed E-state index contributed by atoms with van der Waals surface area (Å²) in [6, 6.07) is 14.5. The van der Waals surface area contributed by atoms with Gasteiger partial charge in [-0.15, -0.1) is 0 Å². The number of hydrogen-bond acceptors (Lipinski definition) is 5. The first-order valence-corrected chi connectivity index (χ1v) is 17.0. The molecule has 0 saturated carbocycles. The Kier molecular flexibility index (Phi) is 16.3. The van der Waals surface area contributed by atoms with Crippen LogP contribution in [-0.4, -0.2) is 25.2 Å². The van der Waals surface area contributed by atoms with E-state index in [0.29, 0.717) is 12.2 Å². The third kappa shape index (κ3) is 12.6. The molecule has 0 amide bonds. The van der Waals surface area contributed by atoms with Gasteiger partial charge in [-0.2, -0.15) is 0 Å². The molecule has 3 aromatic rings. The molecule has 3 aromatic carbocycles. The van der Waals surface area contributed by atoms with Gasteiger partial charge in [0.2, 0.25) is 0 Å². The first kappa shape index (κ1) is 36.7. The van der Waals surface area contributed by atoms with Gasteiger partial charge in [-0.05, 0) is 60.4 Å². The van der Waals surface area contributed by atoms with Gasteiger partial charge in [-0.3, -0.25) is 0 Å². The van der Waals surface area contributed by atoms with Crippen molar-refractivity contribution in [1.29, 1.82) is 0 Å². The van der Waals surface area contributed by atoms with Crippen LogP contribution in [0.15, 0.2) is 60.7 Å². The number of ether oxygens (including phenoxy) is 3. The van der Waals surface area contributed by atoms with Gasteiger partial charge in [0.1, 0.15) is 11.6 Å². The van der Waals surface area contributed by atoms with Crippen LogP contribution in [0, 0.1) is 17.6 Å². The molecule has 1 unspecified atom stereocenters. The lowest BCUT2D eigenvalue weighted by molar-refractivity contribution is 0.0446. The van der Waals surface area contributed by atoms with Crippen LogP contribution in [0.3, 0.4) is 0 Å². The molecule has 1 atom stereocenters. The van der Waals surface area contributed by atoms with Crippen LogP contribution in [0.4, 0.5) is 8.78 Å². The zero-order valence-corrected chi connectivity index (χ0v) is 27.8. The summed E-state index contributed by atoms with van der Waals surface area (Å²) in [7, 11) is 0. The minimum atomic E-state index is -0.717. The van der Waals surface area contributed by atoms with Crippen LogP contribution in [0.2, 0.25) is 0 Å². The Bertz CT molecular complexity index is 1350. The van der Waals surface area contributed by atoms with Gasteiger partial charge in [-0.1, -0.05) is 116 Å². The highest BCUT2D eigenvalue weighted by Gasteiger charge is 2.15. The summed E-state index contributed by atoms with van der Waals surface area (Å²) in [6.45, 7) is 6.93. The maximum absolute atomic E-state index is 14.8. The molecule has 0 aliphatic carbocycles. The number of benzene rings is 3. The number of carbonyl (C=O) groups is 2. The lowest BCUT2D eigenvalue weighted by Crippen LogP contribution is -2.11. The summed E-state index contributed by atoms with van der Waals surface area (Å²) >= 11 is 0. The van der Waals surface area contributed by atoms with E-state index in [1.807, 2.05) is 13.8 Å². The Hall–Kier alpha value is -3.74. The monoisotopic (exact) mass is 636 g/mol. The summed E-state index contributed by atoms with van der Waals surface area (Å²) in [4.78, 5) is 24.9. The second kappa shape index (κ2) is 20.4. The van der Waals surface area contributed by atoms with E-state index in [0.717, 1.165) is 37.8 Å². The predicted molar refractivity (Wildman–Crippen MR) is 180 cm³/mol. The molecule has 250 valence electrons. The molecule has 0 N–H and O–H groups in total. The van der Waals surface area contributed by atoms with Crippen molar-refractivity contribution in [2.75, 3.05) is 13.2 Å². The first-order chi connectivity index (χ1) is 22.3. The Labute approximate surface area is 273 Å². The van der Waals surface area contributed by atoms with Crippen molar-refractivity contribution in [2.45, 2.75) is 104 Å². The molecule has 3 rings (SSSR count). The van der Waals surface area contributed by atoms with Crippen LogP contribution in [0.1, 0.15) is 125 Å². The summed E-state index contributed by atoms with van der Waals surface area (Å²) in [6.07, 6.45) is 15.8. The van der Waals surface area contributed by atoms with E-state index in [4.69, 9.17) is 14.2 Å². The zero-order valence-electron chi connectivity index (χ0n) is 27.8. The number of hydrogen-bond donors (Lipinski definition) is 0. The highest BCUT2D eigenvalue weighted by atomic mass is 19.1. The lowest BCUT2D eigenvalue weighted by atomic mass is 10.0. The molecule has 46 heavy (non-hydrogen) atoms. The van der Waals surface area contributed by atoms with E-state index in [2.05, 4.69) is 6.92 Å². The van der Waals surface area contributed by atoms with Gasteiger partial charge in [0.05, 0.1) is 24.3 Å². The molecular formula is C39H50F2O5. The average molecular weight is 637 g/mol. The highest BCUT2D eigenvalue weighted by Crippen LogP contribution is 2.27. The highest BCUT2D eigenvalue weighted by molar-refractivity contribution is 5.91. The fourth-order valence-corrected chi connectivity index (χ4v) is 5.03. The SMILES string of the molecule is CCCCCCCCCCCCCCOc1ccc(C(=O)Oc2ccc(-c3ccc(C(=O)OCC(C)CC)cc3F)cc2)cc1F. The quantitative estimate of drug-likeness (QED) is 0.0661. The van der Waals surface area contributed by atoms with Crippen molar-refractivity contribution >= 4 is 11.9 Å². The molecule has 0 bridgehead atoms. The fraction of sp³-hybridized carbons (Fsp3) is 0.487. The molecule has 0 radical (unpaired) electrons. The van der Waals surface area contributed by atoms with E-state index < -0.39 is 23.6 Å². The smallest absolute Gasteiger partial charge is 0.343 e. The Balaban J connectivity index is 1.40. The fourth-order valence-electron chi connectivity index (χ4n) is 5.03. The molecule has 0 saturated heterocycles. The van der Waals surface area contributed by atoms with Crippen molar-refractivity contribution in [3.05, 3.63) is 83.4 Å². The van der Waals surface area contributed by atoms with Crippen molar-refractivity contribution in [1.82, 2.24) is 0 Å². The van der Waals surface area contributed by atoms with Crippen LogP contribution >= 0.6 is 0 Å². The van der Waals surface area contributed by atoms with E-state index in [-0.39, 0.29) is 40.7 Å².